The molecule has 4 nitrogen and oxygen atoms in total. The van der Waals surface area contributed by atoms with Crippen molar-refractivity contribution < 1.29 is 4.74 Å². The van der Waals surface area contributed by atoms with Crippen LogP contribution < -0.4 is 5.73 Å². The number of aliphatic imine (C=N–C) groups is 1. The molecule has 0 aromatic rings. The standard InChI is InChI=1S/C15H25N3O/c1-19-3-2-18-14(16)17-9-15(18)12-5-10-4-11(7-12)8-13(15)6-10/h10-13H,2-9H2,1H3,(H2,16,17). The first-order chi connectivity index (χ1) is 9.24. The first-order valence-corrected chi connectivity index (χ1v) is 7.80. The van der Waals surface area contributed by atoms with Crippen molar-refractivity contribution in [3.8, 4) is 0 Å². The van der Waals surface area contributed by atoms with Crippen molar-refractivity contribution in [1.29, 1.82) is 0 Å². The van der Waals surface area contributed by atoms with Crippen molar-refractivity contribution >= 4 is 5.96 Å². The third-order valence-corrected chi connectivity index (χ3v) is 6.34. The second-order valence-electron chi connectivity index (χ2n) is 7.11. The minimum absolute atomic E-state index is 0.260. The molecule has 4 aliphatic carbocycles. The lowest BCUT2D eigenvalue weighted by molar-refractivity contribution is -0.104. The maximum absolute atomic E-state index is 6.19. The molecule has 5 aliphatic rings. The van der Waals surface area contributed by atoms with Crippen LogP contribution in [0.15, 0.2) is 4.99 Å². The topological polar surface area (TPSA) is 50.9 Å². The third-order valence-electron chi connectivity index (χ3n) is 6.34. The van der Waals surface area contributed by atoms with E-state index in [0.717, 1.165) is 49.3 Å². The number of guanidine groups is 1. The van der Waals surface area contributed by atoms with Gasteiger partial charge in [-0.05, 0) is 55.8 Å². The molecular weight excluding hydrogens is 238 g/mol. The van der Waals surface area contributed by atoms with Gasteiger partial charge in [-0.2, -0.15) is 0 Å². The van der Waals surface area contributed by atoms with Crippen LogP contribution >= 0.6 is 0 Å². The van der Waals surface area contributed by atoms with Crippen molar-refractivity contribution in [2.75, 3.05) is 26.8 Å². The van der Waals surface area contributed by atoms with Crippen molar-refractivity contribution in [2.24, 2.45) is 34.4 Å². The van der Waals surface area contributed by atoms with E-state index >= 15 is 0 Å². The summed E-state index contributed by atoms with van der Waals surface area (Å²) in [6.07, 6.45) is 7.16. The van der Waals surface area contributed by atoms with E-state index in [2.05, 4.69) is 9.89 Å². The summed E-state index contributed by atoms with van der Waals surface area (Å²) in [6, 6.07) is 0. The van der Waals surface area contributed by atoms with Gasteiger partial charge in [0.25, 0.3) is 0 Å². The number of hydrogen-bond acceptors (Lipinski definition) is 4. The molecule has 5 rings (SSSR count). The summed E-state index contributed by atoms with van der Waals surface area (Å²) in [7, 11) is 1.77. The van der Waals surface area contributed by atoms with E-state index in [0.29, 0.717) is 0 Å². The zero-order chi connectivity index (χ0) is 13.0. The lowest BCUT2D eigenvalue weighted by Gasteiger charge is -2.62. The molecule has 0 radical (unpaired) electrons. The van der Waals surface area contributed by atoms with Crippen LogP contribution in [-0.2, 0) is 4.74 Å². The molecule has 106 valence electrons. The minimum atomic E-state index is 0.260. The van der Waals surface area contributed by atoms with Gasteiger partial charge in [-0.25, -0.2) is 0 Å². The Balaban J connectivity index is 1.65. The largest absolute Gasteiger partial charge is 0.383 e. The highest BCUT2D eigenvalue weighted by Gasteiger charge is 2.61. The molecule has 0 amide bonds. The predicted molar refractivity (Wildman–Crippen MR) is 74.8 cm³/mol. The summed E-state index contributed by atoms with van der Waals surface area (Å²) in [5.41, 5.74) is 6.45. The lowest BCUT2D eigenvalue weighted by Crippen LogP contribution is -2.67. The summed E-state index contributed by atoms with van der Waals surface area (Å²) < 4.78 is 5.29. The molecule has 4 saturated carbocycles. The van der Waals surface area contributed by atoms with Crippen molar-refractivity contribution in [1.82, 2.24) is 4.90 Å². The first-order valence-electron chi connectivity index (χ1n) is 7.80. The van der Waals surface area contributed by atoms with E-state index in [9.17, 15) is 0 Å². The van der Waals surface area contributed by atoms with Gasteiger partial charge in [0, 0.05) is 13.7 Å². The van der Waals surface area contributed by atoms with Gasteiger partial charge in [-0.1, -0.05) is 0 Å². The van der Waals surface area contributed by atoms with Gasteiger partial charge in [0.2, 0.25) is 0 Å². The third kappa shape index (κ3) is 1.52. The number of methoxy groups -OCH3 is 1. The normalized spacial score (nSPS) is 47.2. The highest BCUT2D eigenvalue weighted by Crippen LogP contribution is 2.61. The molecule has 4 fully saturated rings. The van der Waals surface area contributed by atoms with E-state index in [1.807, 2.05) is 0 Å². The average Bonchev–Trinajstić information content (AvgIpc) is 2.71. The monoisotopic (exact) mass is 263 g/mol. The Morgan fingerprint density at radius 3 is 2.42 bits per heavy atom. The quantitative estimate of drug-likeness (QED) is 0.838. The van der Waals surface area contributed by atoms with Crippen molar-refractivity contribution in [3.05, 3.63) is 0 Å². The zero-order valence-corrected chi connectivity index (χ0v) is 11.8. The Labute approximate surface area is 115 Å². The molecule has 2 N–H and O–H groups in total. The van der Waals surface area contributed by atoms with Gasteiger partial charge in [0.15, 0.2) is 5.96 Å². The fourth-order valence-electron chi connectivity index (χ4n) is 5.80. The van der Waals surface area contributed by atoms with E-state index in [-0.39, 0.29) is 5.54 Å². The van der Waals surface area contributed by atoms with E-state index in [4.69, 9.17) is 10.5 Å². The molecule has 0 unspecified atom stereocenters. The Bertz CT molecular complexity index is 378. The number of rotatable bonds is 3. The van der Waals surface area contributed by atoms with Crippen LogP contribution in [0.2, 0.25) is 0 Å². The predicted octanol–water partition coefficient (Wildman–Crippen LogP) is 1.46. The van der Waals surface area contributed by atoms with Gasteiger partial charge < -0.3 is 15.4 Å². The van der Waals surface area contributed by atoms with Gasteiger partial charge >= 0.3 is 0 Å². The maximum Gasteiger partial charge on any atom is 0.191 e. The molecule has 19 heavy (non-hydrogen) atoms. The summed E-state index contributed by atoms with van der Waals surface area (Å²) in [5.74, 6) is 4.42. The molecule has 1 aliphatic heterocycles. The molecule has 4 bridgehead atoms. The summed E-state index contributed by atoms with van der Waals surface area (Å²) in [5, 5.41) is 0. The second-order valence-corrected chi connectivity index (χ2v) is 7.11. The highest BCUT2D eigenvalue weighted by molar-refractivity contribution is 5.81. The van der Waals surface area contributed by atoms with E-state index in [1.54, 1.807) is 7.11 Å². The highest BCUT2D eigenvalue weighted by atomic mass is 16.5. The SMILES string of the molecule is COCCN1C(N)=NCC12C1CC3CC(C1)CC2C3. The molecule has 1 spiro atoms. The van der Waals surface area contributed by atoms with Crippen LogP contribution in [0.5, 0.6) is 0 Å². The molecule has 4 heteroatoms. The van der Waals surface area contributed by atoms with Crippen LogP contribution in [-0.4, -0.2) is 43.2 Å². The van der Waals surface area contributed by atoms with Gasteiger partial charge in [-0.15, -0.1) is 0 Å². The van der Waals surface area contributed by atoms with Crippen LogP contribution in [0.25, 0.3) is 0 Å². The number of hydrogen-bond donors (Lipinski definition) is 1. The summed E-state index contributed by atoms with van der Waals surface area (Å²) >= 11 is 0. The number of nitrogens with zero attached hydrogens (tertiary/aromatic N) is 2. The van der Waals surface area contributed by atoms with Crippen LogP contribution in [0.4, 0.5) is 0 Å². The van der Waals surface area contributed by atoms with Crippen LogP contribution in [0, 0.1) is 23.7 Å². The fraction of sp³-hybridized carbons (Fsp3) is 0.933. The minimum Gasteiger partial charge on any atom is -0.383 e. The Morgan fingerprint density at radius 1 is 1.21 bits per heavy atom. The smallest absolute Gasteiger partial charge is 0.191 e. The van der Waals surface area contributed by atoms with E-state index in [1.165, 1.54) is 32.1 Å². The molecule has 0 atom stereocenters. The second kappa shape index (κ2) is 4.11. The molecule has 0 saturated heterocycles. The van der Waals surface area contributed by atoms with Crippen LogP contribution in [0.3, 0.4) is 0 Å². The Morgan fingerprint density at radius 2 is 1.84 bits per heavy atom. The van der Waals surface area contributed by atoms with Gasteiger partial charge in [0.05, 0.1) is 18.7 Å². The van der Waals surface area contributed by atoms with Crippen molar-refractivity contribution in [2.45, 2.75) is 37.6 Å². The Kier molecular flexibility index (Phi) is 2.60. The Hall–Kier alpha value is -0.770. The molecule has 1 heterocycles. The van der Waals surface area contributed by atoms with E-state index < -0.39 is 0 Å². The van der Waals surface area contributed by atoms with Crippen LogP contribution in [0.1, 0.15) is 32.1 Å². The molecular formula is C15H25N3O. The molecule has 0 aromatic heterocycles. The zero-order valence-electron chi connectivity index (χ0n) is 11.8. The fourth-order valence-corrected chi connectivity index (χ4v) is 5.80. The first kappa shape index (κ1) is 12.0. The maximum atomic E-state index is 6.19. The average molecular weight is 263 g/mol. The van der Waals surface area contributed by atoms with Gasteiger partial charge in [-0.3, -0.25) is 4.99 Å². The van der Waals surface area contributed by atoms with Gasteiger partial charge in [0.1, 0.15) is 0 Å². The molecule has 0 aromatic carbocycles. The number of ether oxygens (including phenoxy) is 1. The summed E-state index contributed by atoms with van der Waals surface area (Å²) in [6.45, 7) is 2.61. The summed E-state index contributed by atoms with van der Waals surface area (Å²) in [4.78, 5) is 7.05. The number of nitrogens with two attached hydrogens (primary N) is 1. The van der Waals surface area contributed by atoms with Crippen molar-refractivity contribution in [3.63, 3.8) is 0 Å². The lowest BCUT2D eigenvalue weighted by atomic mass is 9.48.